The van der Waals surface area contributed by atoms with Crippen molar-refractivity contribution in [3.63, 3.8) is 0 Å². The fourth-order valence-electron chi connectivity index (χ4n) is 1.79. The lowest BCUT2D eigenvalue weighted by Gasteiger charge is -2.40. The Morgan fingerprint density at radius 3 is 2.15 bits per heavy atom. The van der Waals surface area contributed by atoms with Gasteiger partial charge in [-0.1, -0.05) is 6.32 Å². The Balaban J connectivity index is 2.31. The van der Waals surface area contributed by atoms with Crippen LogP contribution in [0.1, 0.15) is 19.8 Å². The van der Waals surface area contributed by atoms with Gasteiger partial charge in [0.2, 0.25) is 0 Å². The highest BCUT2D eigenvalue weighted by molar-refractivity contribution is 7.94. The maximum absolute atomic E-state index is 12.1. The Bertz CT molecular complexity index is 304. The van der Waals surface area contributed by atoms with Crippen LogP contribution < -0.4 is 0 Å². The molecule has 2 aliphatic rings. The fraction of sp³-hybridized carbons (Fsp3) is 1.00. The Hall–Kier alpha value is -0.0251. The highest BCUT2D eigenvalue weighted by Gasteiger charge is 2.61. The average Bonchev–Trinajstić information content (AvgIpc) is 2.80. The van der Waals surface area contributed by atoms with Crippen molar-refractivity contribution < 1.29 is 13.2 Å². The van der Waals surface area contributed by atoms with Gasteiger partial charge in [0.25, 0.3) is 0 Å². The van der Waals surface area contributed by atoms with Gasteiger partial charge in [-0.3, -0.25) is 0 Å². The van der Waals surface area contributed by atoms with Crippen LogP contribution in [-0.4, -0.2) is 39.0 Å². The van der Waals surface area contributed by atoms with Crippen LogP contribution in [0.4, 0.5) is 0 Å². The van der Waals surface area contributed by atoms with Gasteiger partial charge in [0, 0.05) is 0 Å². The monoisotopic (exact) mass is 200 g/mol. The van der Waals surface area contributed by atoms with Crippen molar-refractivity contribution in [2.75, 3.05) is 13.2 Å². The topological polar surface area (TPSA) is 43.4 Å². The Labute approximate surface area is 80.2 Å². The van der Waals surface area contributed by atoms with Gasteiger partial charge in [0.1, 0.15) is 4.75 Å². The van der Waals surface area contributed by atoms with E-state index in [-0.39, 0.29) is 6.32 Å². The third kappa shape index (κ3) is 1.03. The third-order valence-corrected chi connectivity index (χ3v) is 6.46. The first kappa shape index (κ1) is 9.53. The third-order valence-electron chi connectivity index (χ3n) is 3.21. The van der Waals surface area contributed by atoms with E-state index in [0.29, 0.717) is 13.2 Å². The number of rotatable bonds is 3. The summed E-state index contributed by atoms with van der Waals surface area (Å²) in [4.78, 5) is 0. The first-order chi connectivity index (χ1) is 5.97. The molecule has 0 atom stereocenters. The van der Waals surface area contributed by atoms with Crippen LogP contribution in [0.25, 0.3) is 0 Å². The predicted molar refractivity (Wildman–Crippen MR) is 50.7 cm³/mol. The lowest BCUT2D eigenvalue weighted by molar-refractivity contribution is -0.00542. The summed E-state index contributed by atoms with van der Waals surface area (Å²) in [5.74, 6) is 0. The molecular weight excluding hydrogens is 187 g/mol. The van der Waals surface area contributed by atoms with E-state index in [2.05, 4.69) is 0 Å². The zero-order chi connectivity index (χ0) is 9.74. The molecule has 1 aliphatic heterocycles. The zero-order valence-electron chi connectivity index (χ0n) is 7.75. The zero-order valence-corrected chi connectivity index (χ0v) is 8.56. The quantitative estimate of drug-likeness (QED) is 0.615. The van der Waals surface area contributed by atoms with Gasteiger partial charge < -0.3 is 4.74 Å². The molecule has 5 heteroatoms. The van der Waals surface area contributed by atoms with Crippen LogP contribution in [0.15, 0.2) is 0 Å². The molecule has 13 heavy (non-hydrogen) atoms. The molecule has 0 spiro atoms. The van der Waals surface area contributed by atoms with E-state index in [9.17, 15) is 8.42 Å². The van der Waals surface area contributed by atoms with Crippen LogP contribution in [0.5, 0.6) is 0 Å². The second-order valence-corrected chi connectivity index (χ2v) is 7.19. The SMILES string of the molecule is [B]CC1(S(=O)(=O)C2(C)COC2)CC1. The van der Waals surface area contributed by atoms with Crippen molar-refractivity contribution >= 4 is 17.7 Å². The van der Waals surface area contributed by atoms with E-state index < -0.39 is 19.3 Å². The highest BCUT2D eigenvalue weighted by Crippen LogP contribution is 2.51. The first-order valence-electron chi connectivity index (χ1n) is 4.49. The number of ether oxygens (including phenoxy) is 1. The summed E-state index contributed by atoms with van der Waals surface area (Å²) in [7, 11) is 2.42. The predicted octanol–water partition coefficient (Wildman–Crippen LogP) is 0.309. The molecule has 2 fully saturated rings. The van der Waals surface area contributed by atoms with Gasteiger partial charge >= 0.3 is 0 Å². The van der Waals surface area contributed by atoms with Crippen molar-refractivity contribution in [2.45, 2.75) is 35.6 Å². The van der Waals surface area contributed by atoms with E-state index in [4.69, 9.17) is 12.6 Å². The molecule has 2 rings (SSSR count). The second-order valence-electron chi connectivity index (χ2n) is 4.33. The number of hydrogen-bond acceptors (Lipinski definition) is 3. The van der Waals surface area contributed by atoms with Gasteiger partial charge in [-0.25, -0.2) is 8.42 Å². The van der Waals surface area contributed by atoms with E-state index in [1.165, 1.54) is 0 Å². The van der Waals surface area contributed by atoms with Crippen LogP contribution in [0, 0.1) is 0 Å². The molecule has 2 radical (unpaired) electrons. The summed E-state index contributed by atoms with van der Waals surface area (Å²) in [5, 5.41) is 0. The van der Waals surface area contributed by atoms with E-state index in [1.54, 1.807) is 6.92 Å². The minimum absolute atomic E-state index is 0.255. The van der Waals surface area contributed by atoms with Gasteiger partial charge in [0.05, 0.1) is 25.8 Å². The first-order valence-corrected chi connectivity index (χ1v) is 5.98. The highest BCUT2D eigenvalue weighted by atomic mass is 32.2. The van der Waals surface area contributed by atoms with E-state index in [1.807, 2.05) is 0 Å². The maximum Gasteiger partial charge on any atom is 0.165 e. The standard InChI is InChI=1S/C8H13BO3S/c1-7(5-12-6-7)13(10,11)8(4-9)2-3-8/h2-6H2,1H3. The summed E-state index contributed by atoms with van der Waals surface area (Å²) in [5.41, 5.74) is 0. The van der Waals surface area contributed by atoms with Gasteiger partial charge in [0.15, 0.2) is 9.84 Å². The van der Waals surface area contributed by atoms with Gasteiger partial charge in [-0.15, -0.1) is 0 Å². The smallest absolute Gasteiger partial charge is 0.165 e. The average molecular weight is 200 g/mol. The lowest BCUT2D eigenvalue weighted by Crippen LogP contribution is -2.57. The van der Waals surface area contributed by atoms with Crippen LogP contribution in [-0.2, 0) is 14.6 Å². The molecule has 72 valence electrons. The van der Waals surface area contributed by atoms with Crippen molar-refractivity contribution in [1.82, 2.24) is 0 Å². The van der Waals surface area contributed by atoms with Crippen LogP contribution in [0.2, 0.25) is 6.32 Å². The Morgan fingerprint density at radius 2 is 1.92 bits per heavy atom. The number of sulfone groups is 1. The molecule has 1 aliphatic carbocycles. The molecule has 1 heterocycles. The van der Waals surface area contributed by atoms with E-state index in [0.717, 1.165) is 12.8 Å². The van der Waals surface area contributed by atoms with Crippen molar-refractivity contribution in [1.29, 1.82) is 0 Å². The van der Waals surface area contributed by atoms with Crippen LogP contribution in [0.3, 0.4) is 0 Å². The molecule has 3 nitrogen and oxygen atoms in total. The maximum atomic E-state index is 12.1. The molecule has 1 saturated heterocycles. The van der Waals surface area contributed by atoms with Crippen molar-refractivity contribution in [2.24, 2.45) is 0 Å². The molecule has 0 N–H and O–H groups in total. The summed E-state index contributed by atoms with van der Waals surface area (Å²) in [6.07, 6.45) is 1.70. The fourth-order valence-corrected chi connectivity index (χ4v) is 4.17. The van der Waals surface area contributed by atoms with Crippen molar-refractivity contribution in [3.8, 4) is 0 Å². The van der Waals surface area contributed by atoms with E-state index >= 15 is 0 Å². The van der Waals surface area contributed by atoms with Crippen molar-refractivity contribution in [3.05, 3.63) is 0 Å². The molecule has 0 aromatic carbocycles. The summed E-state index contributed by atoms with van der Waals surface area (Å²) in [6, 6.07) is 0. The molecular formula is C8H13BO3S. The minimum Gasteiger partial charge on any atom is -0.378 e. The molecule has 0 unspecified atom stereocenters. The number of hydrogen-bond donors (Lipinski definition) is 0. The van der Waals surface area contributed by atoms with Gasteiger partial charge in [-0.05, 0) is 19.8 Å². The summed E-state index contributed by atoms with van der Waals surface area (Å²) in [6.45, 7) is 2.41. The molecule has 0 amide bonds. The summed E-state index contributed by atoms with van der Waals surface area (Å²) < 4.78 is 27.9. The normalized spacial score (nSPS) is 29.3. The molecule has 0 bridgehead atoms. The van der Waals surface area contributed by atoms with Gasteiger partial charge in [-0.2, -0.15) is 0 Å². The Kier molecular flexibility index (Phi) is 1.84. The molecule has 1 saturated carbocycles. The minimum atomic E-state index is -3.09. The lowest BCUT2D eigenvalue weighted by atomic mass is 10.0. The largest absolute Gasteiger partial charge is 0.378 e. The second kappa shape index (κ2) is 2.51. The van der Waals surface area contributed by atoms with Crippen LogP contribution >= 0.6 is 0 Å². The Morgan fingerprint density at radius 1 is 1.38 bits per heavy atom. The molecule has 0 aromatic rings. The molecule has 0 aromatic heterocycles. The summed E-state index contributed by atoms with van der Waals surface area (Å²) >= 11 is 0.